The second-order valence-electron chi connectivity index (χ2n) is 3.83. The normalized spacial score (nSPS) is 13.7. The third-order valence-corrected chi connectivity index (χ3v) is 2.44. The molecule has 1 aliphatic rings. The second-order valence-corrected chi connectivity index (χ2v) is 3.83. The molecular formula is C12H16N2O4. The van der Waals surface area contributed by atoms with E-state index < -0.39 is 0 Å². The van der Waals surface area contributed by atoms with Gasteiger partial charge in [-0.2, -0.15) is 5.48 Å². The molecule has 6 nitrogen and oxygen atoms in total. The highest BCUT2D eigenvalue weighted by atomic mass is 16.7. The highest BCUT2D eigenvalue weighted by molar-refractivity contribution is 5.95. The number of fused-ring (bicyclic) bond motifs is 1. The number of rotatable bonds is 6. The Morgan fingerprint density at radius 1 is 1.44 bits per heavy atom. The van der Waals surface area contributed by atoms with Gasteiger partial charge >= 0.3 is 0 Å². The van der Waals surface area contributed by atoms with Gasteiger partial charge in [0.2, 0.25) is 0 Å². The monoisotopic (exact) mass is 252 g/mol. The largest absolute Gasteiger partial charge is 0.482 e. The zero-order valence-electron chi connectivity index (χ0n) is 10.2. The first-order valence-corrected chi connectivity index (χ1v) is 5.69. The van der Waals surface area contributed by atoms with Crippen molar-refractivity contribution in [2.45, 2.75) is 6.54 Å². The van der Waals surface area contributed by atoms with Crippen LogP contribution >= 0.6 is 0 Å². The number of carbonyl (C=O) groups is 1. The van der Waals surface area contributed by atoms with Crippen LogP contribution in [0.4, 0.5) is 5.69 Å². The summed E-state index contributed by atoms with van der Waals surface area (Å²) in [7, 11) is 1.62. The van der Waals surface area contributed by atoms with Crippen LogP contribution in [0, 0.1) is 0 Å². The van der Waals surface area contributed by atoms with Crippen molar-refractivity contribution < 1.29 is 19.1 Å². The van der Waals surface area contributed by atoms with E-state index >= 15 is 0 Å². The van der Waals surface area contributed by atoms with Crippen molar-refractivity contribution >= 4 is 11.6 Å². The van der Waals surface area contributed by atoms with Gasteiger partial charge in [-0.15, -0.1) is 0 Å². The molecule has 18 heavy (non-hydrogen) atoms. The summed E-state index contributed by atoms with van der Waals surface area (Å²) < 4.78 is 10.1. The molecule has 2 N–H and O–H groups in total. The number of ether oxygens (including phenoxy) is 2. The Hall–Kier alpha value is -1.63. The number of nitrogens with one attached hydrogen (secondary N) is 2. The fourth-order valence-electron chi connectivity index (χ4n) is 1.57. The number of carbonyl (C=O) groups excluding carboxylic acids is 1. The molecule has 0 radical (unpaired) electrons. The first kappa shape index (κ1) is 12.8. The summed E-state index contributed by atoms with van der Waals surface area (Å²) in [6, 6.07) is 5.61. The number of hydroxylamine groups is 1. The molecule has 0 aromatic heterocycles. The fourth-order valence-corrected chi connectivity index (χ4v) is 1.57. The van der Waals surface area contributed by atoms with Crippen molar-refractivity contribution in [2.75, 3.05) is 32.2 Å². The summed E-state index contributed by atoms with van der Waals surface area (Å²) in [5.74, 6) is 0.558. The summed E-state index contributed by atoms with van der Waals surface area (Å²) in [5.41, 5.74) is 4.51. The van der Waals surface area contributed by atoms with E-state index in [-0.39, 0.29) is 12.5 Å². The predicted molar refractivity (Wildman–Crippen MR) is 65.2 cm³/mol. The molecule has 0 atom stereocenters. The van der Waals surface area contributed by atoms with Crippen molar-refractivity contribution in [1.82, 2.24) is 5.48 Å². The lowest BCUT2D eigenvalue weighted by molar-refractivity contribution is -0.118. The smallest absolute Gasteiger partial charge is 0.262 e. The fraction of sp³-hybridized carbons (Fsp3) is 0.417. The van der Waals surface area contributed by atoms with Gasteiger partial charge in [0.1, 0.15) is 5.75 Å². The van der Waals surface area contributed by atoms with Gasteiger partial charge in [0.25, 0.3) is 5.91 Å². The molecule has 98 valence electrons. The zero-order chi connectivity index (χ0) is 12.8. The van der Waals surface area contributed by atoms with Crippen LogP contribution in [0.25, 0.3) is 0 Å². The van der Waals surface area contributed by atoms with Crippen LogP contribution in [0.2, 0.25) is 0 Å². The van der Waals surface area contributed by atoms with Crippen LogP contribution in [-0.4, -0.2) is 32.8 Å². The number of hydrogen-bond donors (Lipinski definition) is 2. The van der Waals surface area contributed by atoms with Crippen molar-refractivity contribution in [3.8, 4) is 5.75 Å². The lowest BCUT2D eigenvalue weighted by atomic mass is 10.1. The van der Waals surface area contributed by atoms with E-state index in [1.165, 1.54) is 0 Å². The van der Waals surface area contributed by atoms with E-state index in [4.69, 9.17) is 14.3 Å². The topological polar surface area (TPSA) is 68.8 Å². The first-order valence-electron chi connectivity index (χ1n) is 5.69. The number of methoxy groups -OCH3 is 1. The van der Waals surface area contributed by atoms with Gasteiger partial charge in [0.15, 0.2) is 6.61 Å². The van der Waals surface area contributed by atoms with Gasteiger partial charge in [-0.25, -0.2) is 0 Å². The van der Waals surface area contributed by atoms with Crippen LogP contribution in [0.5, 0.6) is 5.75 Å². The summed E-state index contributed by atoms with van der Waals surface area (Å²) >= 11 is 0. The Kier molecular flexibility index (Phi) is 4.52. The standard InChI is InChI=1S/C12H16N2O4/c1-16-4-5-18-13-7-9-2-3-11-10(6-9)14-12(15)8-17-11/h2-3,6,13H,4-5,7-8H2,1H3,(H,14,15). The minimum absolute atomic E-state index is 0.0741. The lowest BCUT2D eigenvalue weighted by Gasteiger charge is -2.18. The zero-order valence-corrected chi connectivity index (χ0v) is 10.2. The van der Waals surface area contributed by atoms with Crippen LogP contribution in [0.1, 0.15) is 5.56 Å². The van der Waals surface area contributed by atoms with Crippen LogP contribution in [0.15, 0.2) is 18.2 Å². The molecule has 2 rings (SSSR count). The Morgan fingerprint density at radius 3 is 3.17 bits per heavy atom. The third-order valence-electron chi connectivity index (χ3n) is 2.44. The molecule has 1 aliphatic heterocycles. The first-order chi connectivity index (χ1) is 8.79. The molecule has 0 spiro atoms. The summed E-state index contributed by atoms with van der Waals surface area (Å²) in [5, 5.41) is 2.76. The van der Waals surface area contributed by atoms with Crippen molar-refractivity contribution in [3.63, 3.8) is 0 Å². The molecule has 0 fully saturated rings. The molecule has 0 aliphatic carbocycles. The van der Waals surface area contributed by atoms with E-state index in [1.807, 2.05) is 18.2 Å². The molecule has 1 amide bonds. The van der Waals surface area contributed by atoms with Gasteiger partial charge in [-0.05, 0) is 17.7 Å². The number of amides is 1. The Balaban J connectivity index is 1.86. The van der Waals surface area contributed by atoms with Gasteiger partial charge < -0.3 is 14.8 Å². The molecule has 0 unspecified atom stereocenters. The van der Waals surface area contributed by atoms with E-state index in [0.717, 1.165) is 5.56 Å². The molecule has 0 bridgehead atoms. The van der Waals surface area contributed by atoms with E-state index in [0.29, 0.717) is 31.2 Å². The van der Waals surface area contributed by atoms with Gasteiger partial charge in [0.05, 0.1) is 18.9 Å². The maximum atomic E-state index is 11.2. The minimum atomic E-state index is -0.135. The van der Waals surface area contributed by atoms with Crippen LogP contribution in [0.3, 0.4) is 0 Å². The number of benzene rings is 1. The maximum absolute atomic E-state index is 11.2. The Morgan fingerprint density at radius 2 is 2.33 bits per heavy atom. The van der Waals surface area contributed by atoms with E-state index in [1.54, 1.807) is 7.11 Å². The second kappa shape index (κ2) is 6.34. The third kappa shape index (κ3) is 3.43. The summed E-state index contributed by atoms with van der Waals surface area (Å²) in [6.07, 6.45) is 0. The minimum Gasteiger partial charge on any atom is -0.482 e. The van der Waals surface area contributed by atoms with Crippen molar-refractivity contribution in [1.29, 1.82) is 0 Å². The average Bonchev–Trinajstić information content (AvgIpc) is 2.38. The van der Waals surface area contributed by atoms with Crippen LogP contribution < -0.4 is 15.5 Å². The van der Waals surface area contributed by atoms with E-state index in [2.05, 4.69) is 10.8 Å². The molecule has 0 saturated carbocycles. The molecule has 6 heteroatoms. The molecule has 1 heterocycles. The quantitative estimate of drug-likeness (QED) is 0.575. The Bertz CT molecular complexity index is 423. The maximum Gasteiger partial charge on any atom is 0.262 e. The van der Waals surface area contributed by atoms with Crippen molar-refractivity contribution in [3.05, 3.63) is 23.8 Å². The van der Waals surface area contributed by atoms with Crippen LogP contribution in [-0.2, 0) is 20.9 Å². The van der Waals surface area contributed by atoms with Gasteiger partial charge in [-0.3, -0.25) is 9.63 Å². The van der Waals surface area contributed by atoms with E-state index in [9.17, 15) is 4.79 Å². The number of anilines is 1. The molecular weight excluding hydrogens is 236 g/mol. The highest BCUT2D eigenvalue weighted by Crippen LogP contribution is 2.28. The summed E-state index contributed by atoms with van der Waals surface area (Å²) in [6.45, 7) is 1.65. The predicted octanol–water partition coefficient (Wildman–Crippen LogP) is 0.685. The Labute approximate surface area is 105 Å². The molecule has 1 aromatic rings. The van der Waals surface area contributed by atoms with Crippen molar-refractivity contribution in [2.24, 2.45) is 0 Å². The molecule has 1 aromatic carbocycles. The van der Waals surface area contributed by atoms with Gasteiger partial charge in [0, 0.05) is 13.7 Å². The summed E-state index contributed by atoms with van der Waals surface area (Å²) in [4.78, 5) is 16.3. The highest BCUT2D eigenvalue weighted by Gasteiger charge is 2.15. The molecule has 0 saturated heterocycles. The lowest BCUT2D eigenvalue weighted by Crippen LogP contribution is -2.25. The van der Waals surface area contributed by atoms with Gasteiger partial charge in [-0.1, -0.05) is 6.07 Å². The average molecular weight is 252 g/mol. The SMILES string of the molecule is COCCONCc1ccc2c(c1)NC(=O)CO2. The number of hydrogen-bond acceptors (Lipinski definition) is 5.